The van der Waals surface area contributed by atoms with Crippen LogP contribution in [0.15, 0.2) is 54.6 Å². The number of hydrogen-bond acceptors (Lipinski definition) is 2. The maximum atomic E-state index is 9.29. The second-order valence-electron chi connectivity index (χ2n) is 4.52. The van der Waals surface area contributed by atoms with Crippen LogP contribution < -0.4 is 5.73 Å². The van der Waals surface area contributed by atoms with Crippen LogP contribution in [-0.4, -0.2) is 11.7 Å². The molecule has 19 heavy (non-hydrogen) atoms. The molecular formula is C16H16ClNO. The Labute approximate surface area is 118 Å². The van der Waals surface area contributed by atoms with Crippen molar-refractivity contribution >= 4 is 34.0 Å². The first-order valence-electron chi connectivity index (χ1n) is 6.08. The van der Waals surface area contributed by atoms with Crippen LogP contribution in [0.5, 0.6) is 0 Å². The average molecular weight is 274 g/mol. The van der Waals surface area contributed by atoms with Gasteiger partial charge in [0.2, 0.25) is 0 Å². The Hall–Kier alpha value is -1.61. The maximum Gasteiger partial charge on any atom is 0.0624 e. The van der Waals surface area contributed by atoms with E-state index in [1.165, 1.54) is 10.8 Å². The molecule has 0 amide bonds. The van der Waals surface area contributed by atoms with Crippen LogP contribution in [-0.2, 0) is 0 Å². The minimum atomic E-state index is -0.334. The van der Waals surface area contributed by atoms with Crippen molar-refractivity contribution in [3.8, 4) is 0 Å². The molecule has 0 aromatic heterocycles. The third kappa shape index (κ3) is 2.30. The summed E-state index contributed by atoms with van der Waals surface area (Å²) >= 11 is 0. The molecule has 1 unspecified atom stereocenters. The Bertz CT molecular complexity index is 711. The van der Waals surface area contributed by atoms with Crippen molar-refractivity contribution in [3.63, 3.8) is 0 Å². The molecule has 0 fully saturated rings. The molecule has 1 atom stereocenters. The lowest BCUT2D eigenvalue weighted by Crippen LogP contribution is -2.14. The van der Waals surface area contributed by atoms with Crippen molar-refractivity contribution in [2.45, 2.75) is 6.04 Å². The number of nitrogens with two attached hydrogens (primary N) is 1. The summed E-state index contributed by atoms with van der Waals surface area (Å²) in [5, 5.41) is 14.0. The summed E-state index contributed by atoms with van der Waals surface area (Å²) in [5.74, 6) is 0. The predicted octanol–water partition coefficient (Wildman–Crippen LogP) is 3.41. The van der Waals surface area contributed by atoms with Crippen LogP contribution in [0.1, 0.15) is 11.6 Å². The first kappa shape index (κ1) is 13.8. The van der Waals surface area contributed by atoms with Gasteiger partial charge in [-0.15, -0.1) is 12.4 Å². The van der Waals surface area contributed by atoms with Gasteiger partial charge in [-0.1, -0.05) is 48.5 Å². The first-order chi connectivity index (χ1) is 8.81. The van der Waals surface area contributed by atoms with Gasteiger partial charge in [0, 0.05) is 0 Å². The summed E-state index contributed by atoms with van der Waals surface area (Å²) in [6.07, 6.45) is 0. The van der Waals surface area contributed by atoms with Crippen molar-refractivity contribution in [1.82, 2.24) is 0 Å². The van der Waals surface area contributed by atoms with E-state index in [-0.39, 0.29) is 25.1 Å². The van der Waals surface area contributed by atoms with E-state index in [1.807, 2.05) is 24.3 Å². The molecule has 3 heteroatoms. The van der Waals surface area contributed by atoms with Crippen LogP contribution in [0.25, 0.3) is 21.5 Å². The van der Waals surface area contributed by atoms with Crippen LogP contribution in [0.2, 0.25) is 0 Å². The van der Waals surface area contributed by atoms with Crippen molar-refractivity contribution < 1.29 is 5.11 Å². The standard InChI is InChI=1S/C16H15NO.ClH/c17-16(10-18)15-9-11-5-1-2-6-12(11)13-7-3-4-8-14(13)15;/h1-9,16,18H,10,17H2;1H. The fourth-order valence-electron chi connectivity index (χ4n) is 2.49. The largest absolute Gasteiger partial charge is 0.394 e. The zero-order valence-corrected chi connectivity index (χ0v) is 11.2. The fourth-order valence-corrected chi connectivity index (χ4v) is 2.49. The highest BCUT2D eigenvalue weighted by molar-refractivity contribution is 6.09. The summed E-state index contributed by atoms with van der Waals surface area (Å²) in [4.78, 5) is 0. The van der Waals surface area contributed by atoms with Crippen molar-refractivity contribution in [1.29, 1.82) is 0 Å². The van der Waals surface area contributed by atoms with Crippen LogP contribution >= 0.6 is 12.4 Å². The quantitative estimate of drug-likeness (QED) is 0.703. The summed E-state index contributed by atoms with van der Waals surface area (Å²) in [7, 11) is 0. The van der Waals surface area contributed by atoms with E-state index in [0.29, 0.717) is 0 Å². The number of benzene rings is 3. The number of aliphatic hydroxyl groups excluding tert-OH is 1. The number of hydrogen-bond donors (Lipinski definition) is 2. The third-order valence-electron chi connectivity index (χ3n) is 3.40. The molecule has 0 radical (unpaired) electrons. The van der Waals surface area contributed by atoms with Gasteiger partial charge in [0.05, 0.1) is 12.6 Å². The van der Waals surface area contributed by atoms with E-state index in [2.05, 4.69) is 30.3 Å². The zero-order chi connectivity index (χ0) is 12.5. The van der Waals surface area contributed by atoms with Gasteiger partial charge in [0.25, 0.3) is 0 Å². The molecule has 3 N–H and O–H groups in total. The Morgan fingerprint density at radius 3 is 2.16 bits per heavy atom. The normalized spacial score (nSPS) is 12.3. The highest BCUT2D eigenvalue weighted by atomic mass is 35.5. The summed E-state index contributed by atoms with van der Waals surface area (Å²) < 4.78 is 0. The lowest BCUT2D eigenvalue weighted by atomic mass is 9.94. The maximum absolute atomic E-state index is 9.29. The van der Waals surface area contributed by atoms with Gasteiger partial charge in [-0.2, -0.15) is 0 Å². The molecule has 0 saturated carbocycles. The van der Waals surface area contributed by atoms with Gasteiger partial charge < -0.3 is 10.8 Å². The van der Waals surface area contributed by atoms with Crippen molar-refractivity contribution in [2.24, 2.45) is 5.73 Å². The molecule has 0 saturated heterocycles. The van der Waals surface area contributed by atoms with E-state index in [1.54, 1.807) is 0 Å². The molecule has 0 aliphatic heterocycles. The lowest BCUT2D eigenvalue weighted by molar-refractivity contribution is 0.268. The molecule has 3 aromatic rings. The topological polar surface area (TPSA) is 46.2 Å². The molecule has 0 aliphatic carbocycles. The molecule has 0 aliphatic rings. The van der Waals surface area contributed by atoms with Crippen molar-refractivity contribution in [2.75, 3.05) is 6.61 Å². The van der Waals surface area contributed by atoms with Gasteiger partial charge >= 0.3 is 0 Å². The number of aliphatic hydroxyl groups is 1. The molecule has 3 aromatic carbocycles. The number of fused-ring (bicyclic) bond motifs is 3. The van der Waals surface area contributed by atoms with Gasteiger partial charge in [0.15, 0.2) is 0 Å². The highest BCUT2D eigenvalue weighted by Crippen LogP contribution is 2.30. The van der Waals surface area contributed by atoms with Crippen LogP contribution in [0.3, 0.4) is 0 Å². The monoisotopic (exact) mass is 273 g/mol. The Morgan fingerprint density at radius 2 is 1.47 bits per heavy atom. The minimum Gasteiger partial charge on any atom is -0.394 e. The zero-order valence-electron chi connectivity index (χ0n) is 10.4. The second-order valence-corrected chi connectivity index (χ2v) is 4.52. The van der Waals surface area contributed by atoms with Gasteiger partial charge in [0.1, 0.15) is 0 Å². The summed E-state index contributed by atoms with van der Waals surface area (Å²) in [6.45, 7) is -0.0394. The molecule has 0 bridgehead atoms. The van der Waals surface area contributed by atoms with E-state index < -0.39 is 0 Å². The van der Waals surface area contributed by atoms with E-state index >= 15 is 0 Å². The molecular weight excluding hydrogens is 258 g/mol. The SMILES string of the molecule is Cl.NC(CO)c1cc2ccccc2c2ccccc12. The van der Waals surface area contributed by atoms with E-state index in [0.717, 1.165) is 16.3 Å². The van der Waals surface area contributed by atoms with Crippen LogP contribution in [0.4, 0.5) is 0 Å². The molecule has 0 spiro atoms. The highest BCUT2D eigenvalue weighted by Gasteiger charge is 2.11. The molecule has 98 valence electrons. The second kappa shape index (κ2) is 5.57. The Morgan fingerprint density at radius 1 is 0.895 bits per heavy atom. The Balaban J connectivity index is 0.00000133. The van der Waals surface area contributed by atoms with E-state index in [9.17, 15) is 5.11 Å². The predicted molar refractivity (Wildman–Crippen MR) is 82.7 cm³/mol. The lowest BCUT2D eigenvalue weighted by Gasteiger charge is -2.14. The van der Waals surface area contributed by atoms with Crippen molar-refractivity contribution in [3.05, 3.63) is 60.2 Å². The molecule has 2 nitrogen and oxygen atoms in total. The van der Waals surface area contributed by atoms with Crippen LogP contribution in [0, 0.1) is 0 Å². The van der Waals surface area contributed by atoms with Gasteiger partial charge in [-0.3, -0.25) is 0 Å². The van der Waals surface area contributed by atoms with Gasteiger partial charge in [-0.25, -0.2) is 0 Å². The van der Waals surface area contributed by atoms with Gasteiger partial charge in [-0.05, 0) is 33.2 Å². The summed E-state index contributed by atoms with van der Waals surface area (Å²) in [5.41, 5.74) is 7.01. The molecule has 3 rings (SSSR count). The number of halogens is 1. The minimum absolute atomic E-state index is 0. The third-order valence-corrected chi connectivity index (χ3v) is 3.40. The first-order valence-corrected chi connectivity index (χ1v) is 6.08. The average Bonchev–Trinajstić information content (AvgIpc) is 2.45. The molecule has 0 heterocycles. The smallest absolute Gasteiger partial charge is 0.0624 e. The summed E-state index contributed by atoms with van der Waals surface area (Å²) in [6, 6.07) is 18.2. The number of rotatable bonds is 2. The van der Waals surface area contributed by atoms with E-state index in [4.69, 9.17) is 5.73 Å². The Kier molecular flexibility index (Phi) is 4.05. The fraction of sp³-hybridized carbons (Fsp3) is 0.125.